The molecule has 2 aliphatic rings. The van der Waals surface area contributed by atoms with Crippen molar-refractivity contribution < 1.29 is 9.47 Å². The lowest BCUT2D eigenvalue weighted by Crippen LogP contribution is -2.52. The Morgan fingerprint density at radius 3 is 2.58 bits per heavy atom. The van der Waals surface area contributed by atoms with Crippen molar-refractivity contribution in [2.75, 3.05) is 13.2 Å². The largest absolute Gasteiger partial charge is 0.376 e. The molecule has 0 saturated carbocycles. The Balaban J connectivity index is 2.21. The minimum Gasteiger partial charge on any atom is -0.376 e. The van der Waals surface area contributed by atoms with E-state index in [9.17, 15) is 0 Å². The van der Waals surface area contributed by atoms with E-state index in [4.69, 9.17) is 9.47 Å². The van der Waals surface area contributed by atoms with Crippen LogP contribution >= 0.6 is 0 Å². The molecule has 1 fully saturated rings. The van der Waals surface area contributed by atoms with Gasteiger partial charge in [0.05, 0.1) is 25.1 Å². The predicted molar refractivity (Wildman–Crippen MR) is 73.0 cm³/mol. The first-order valence-corrected chi connectivity index (χ1v) is 7.28. The van der Waals surface area contributed by atoms with Crippen LogP contribution in [0.3, 0.4) is 0 Å². The van der Waals surface area contributed by atoms with Crippen LogP contribution in [0, 0.1) is 18.8 Å². The van der Waals surface area contributed by atoms with Gasteiger partial charge in [0.25, 0.3) is 0 Å². The molecule has 0 amide bonds. The van der Waals surface area contributed by atoms with E-state index in [0.717, 1.165) is 0 Å². The highest BCUT2D eigenvalue weighted by Gasteiger charge is 2.52. The number of rotatable bonds is 2. The predicted octanol–water partition coefficient (Wildman–Crippen LogP) is 2.67. The van der Waals surface area contributed by atoms with Gasteiger partial charge >= 0.3 is 0 Å². The fourth-order valence-electron chi connectivity index (χ4n) is 3.84. The van der Waals surface area contributed by atoms with Crippen LogP contribution in [-0.2, 0) is 15.1 Å². The molecule has 0 spiro atoms. The van der Waals surface area contributed by atoms with Crippen LogP contribution in [0.2, 0.25) is 0 Å². The SMILES string of the molecule is Cc1cnn2c1C(C(C)C)(C(C)C)OC1COCC12. The maximum atomic E-state index is 6.60. The number of hydrogen-bond acceptors (Lipinski definition) is 3. The van der Waals surface area contributed by atoms with Gasteiger partial charge < -0.3 is 9.47 Å². The van der Waals surface area contributed by atoms with Gasteiger partial charge in [-0.3, -0.25) is 4.68 Å². The second kappa shape index (κ2) is 4.32. The van der Waals surface area contributed by atoms with E-state index >= 15 is 0 Å². The lowest BCUT2D eigenvalue weighted by atomic mass is 9.75. The van der Waals surface area contributed by atoms with Gasteiger partial charge in [0.2, 0.25) is 0 Å². The molecule has 106 valence electrons. The molecule has 4 heteroatoms. The van der Waals surface area contributed by atoms with E-state index in [0.29, 0.717) is 25.0 Å². The first-order chi connectivity index (χ1) is 8.98. The van der Waals surface area contributed by atoms with Gasteiger partial charge in [0.1, 0.15) is 17.7 Å². The van der Waals surface area contributed by atoms with E-state index < -0.39 is 0 Å². The molecule has 19 heavy (non-hydrogen) atoms. The van der Waals surface area contributed by atoms with Crippen molar-refractivity contribution in [3.63, 3.8) is 0 Å². The van der Waals surface area contributed by atoms with Gasteiger partial charge in [0, 0.05) is 0 Å². The highest BCUT2D eigenvalue weighted by atomic mass is 16.6. The van der Waals surface area contributed by atoms with E-state index in [1.807, 2.05) is 6.20 Å². The molecule has 0 bridgehead atoms. The van der Waals surface area contributed by atoms with Crippen LogP contribution in [0.15, 0.2) is 6.20 Å². The number of nitrogens with zero attached hydrogens (tertiary/aromatic N) is 2. The third-order valence-corrected chi connectivity index (χ3v) is 4.72. The van der Waals surface area contributed by atoms with E-state index in [2.05, 4.69) is 44.4 Å². The summed E-state index contributed by atoms with van der Waals surface area (Å²) in [5.74, 6) is 0.811. The molecule has 0 N–H and O–H groups in total. The third-order valence-electron chi connectivity index (χ3n) is 4.72. The monoisotopic (exact) mass is 264 g/mol. The fourth-order valence-corrected chi connectivity index (χ4v) is 3.84. The van der Waals surface area contributed by atoms with E-state index in [-0.39, 0.29) is 17.7 Å². The number of fused-ring (bicyclic) bond motifs is 3. The van der Waals surface area contributed by atoms with Gasteiger partial charge in [-0.15, -0.1) is 0 Å². The molecule has 0 aliphatic carbocycles. The standard InChI is InChI=1S/C15H24N2O2/c1-9(2)15(10(3)4)14-11(5)6-16-17(14)12-7-18-8-13(12)19-15/h6,9-10,12-13H,7-8H2,1-5H3. The summed E-state index contributed by atoms with van der Waals surface area (Å²) in [6.07, 6.45) is 2.11. The molecule has 1 saturated heterocycles. The van der Waals surface area contributed by atoms with Gasteiger partial charge in [-0.05, 0) is 24.3 Å². The van der Waals surface area contributed by atoms with Crippen LogP contribution in [0.4, 0.5) is 0 Å². The molecular weight excluding hydrogens is 240 g/mol. The second-order valence-electron chi connectivity index (χ2n) is 6.48. The van der Waals surface area contributed by atoms with Crippen molar-refractivity contribution in [3.8, 4) is 0 Å². The smallest absolute Gasteiger partial charge is 0.115 e. The van der Waals surface area contributed by atoms with Crippen LogP contribution in [0.1, 0.15) is 45.0 Å². The summed E-state index contributed by atoms with van der Waals surface area (Å²) in [7, 11) is 0. The van der Waals surface area contributed by atoms with Gasteiger partial charge in [-0.25, -0.2) is 0 Å². The Kier molecular flexibility index (Phi) is 2.98. The minimum absolute atomic E-state index is 0.136. The molecule has 0 aromatic carbocycles. The summed E-state index contributed by atoms with van der Waals surface area (Å²) in [5.41, 5.74) is 2.23. The number of aromatic nitrogens is 2. The Labute approximate surface area is 115 Å². The summed E-state index contributed by atoms with van der Waals surface area (Å²) in [6, 6.07) is 0.245. The normalized spacial score (nSPS) is 28.8. The van der Waals surface area contributed by atoms with Crippen molar-refractivity contribution in [1.29, 1.82) is 0 Å². The highest BCUT2D eigenvalue weighted by Crippen LogP contribution is 2.49. The van der Waals surface area contributed by atoms with Crippen molar-refractivity contribution in [1.82, 2.24) is 9.78 Å². The molecule has 3 heterocycles. The van der Waals surface area contributed by atoms with Crippen LogP contribution in [0.5, 0.6) is 0 Å². The number of ether oxygens (including phenoxy) is 2. The summed E-state index contributed by atoms with van der Waals surface area (Å²) in [5, 5.41) is 4.62. The van der Waals surface area contributed by atoms with Gasteiger partial charge in [0.15, 0.2) is 0 Å². The maximum Gasteiger partial charge on any atom is 0.115 e. The summed E-state index contributed by atoms with van der Waals surface area (Å²) >= 11 is 0. The van der Waals surface area contributed by atoms with E-state index in [1.165, 1.54) is 11.3 Å². The fraction of sp³-hybridized carbons (Fsp3) is 0.800. The lowest BCUT2D eigenvalue weighted by molar-refractivity contribution is -0.185. The molecule has 3 rings (SSSR count). The summed E-state index contributed by atoms with van der Waals surface area (Å²) in [6.45, 7) is 12.5. The topological polar surface area (TPSA) is 36.3 Å². The molecule has 1 aromatic rings. The quantitative estimate of drug-likeness (QED) is 0.824. The first-order valence-electron chi connectivity index (χ1n) is 7.28. The summed E-state index contributed by atoms with van der Waals surface area (Å²) in [4.78, 5) is 0. The molecule has 2 unspecified atom stereocenters. The average molecular weight is 264 g/mol. The Bertz CT molecular complexity index is 470. The Hall–Kier alpha value is -0.870. The van der Waals surface area contributed by atoms with Crippen molar-refractivity contribution in [2.24, 2.45) is 11.8 Å². The third kappa shape index (κ3) is 1.62. The highest BCUT2D eigenvalue weighted by molar-refractivity contribution is 5.28. The van der Waals surface area contributed by atoms with Gasteiger partial charge in [-0.1, -0.05) is 27.7 Å². The zero-order valence-electron chi connectivity index (χ0n) is 12.5. The van der Waals surface area contributed by atoms with Crippen molar-refractivity contribution in [2.45, 2.75) is 52.4 Å². The van der Waals surface area contributed by atoms with Crippen LogP contribution in [0.25, 0.3) is 0 Å². The molecule has 2 atom stereocenters. The maximum absolute atomic E-state index is 6.60. The lowest BCUT2D eigenvalue weighted by Gasteiger charge is -2.48. The molecule has 0 radical (unpaired) electrons. The second-order valence-corrected chi connectivity index (χ2v) is 6.48. The molecule has 1 aromatic heterocycles. The zero-order chi connectivity index (χ0) is 13.8. The Morgan fingerprint density at radius 2 is 1.95 bits per heavy atom. The molecule has 4 nitrogen and oxygen atoms in total. The summed E-state index contributed by atoms with van der Waals surface area (Å²) < 4.78 is 14.4. The van der Waals surface area contributed by atoms with Crippen molar-refractivity contribution >= 4 is 0 Å². The van der Waals surface area contributed by atoms with Crippen LogP contribution < -0.4 is 0 Å². The Morgan fingerprint density at radius 1 is 1.26 bits per heavy atom. The van der Waals surface area contributed by atoms with Crippen LogP contribution in [-0.4, -0.2) is 29.1 Å². The number of aryl methyl sites for hydroxylation is 1. The van der Waals surface area contributed by atoms with Crippen molar-refractivity contribution in [3.05, 3.63) is 17.5 Å². The zero-order valence-corrected chi connectivity index (χ0v) is 12.5. The molecular formula is C15H24N2O2. The molecule has 2 aliphatic heterocycles. The van der Waals surface area contributed by atoms with Gasteiger partial charge in [-0.2, -0.15) is 5.10 Å². The number of hydrogen-bond donors (Lipinski definition) is 0. The first kappa shape index (κ1) is 13.1. The average Bonchev–Trinajstić information content (AvgIpc) is 2.93. The van der Waals surface area contributed by atoms with E-state index in [1.54, 1.807) is 0 Å². The minimum atomic E-state index is -0.255.